The van der Waals surface area contributed by atoms with Crippen molar-refractivity contribution in [2.24, 2.45) is 0 Å². The highest BCUT2D eigenvalue weighted by Gasteiger charge is 2.33. The summed E-state index contributed by atoms with van der Waals surface area (Å²) in [6.07, 6.45) is 0. The summed E-state index contributed by atoms with van der Waals surface area (Å²) < 4.78 is 0. The highest BCUT2D eigenvalue weighted by atomic mass is 16.6. The maximum absolute atomic E-state index is 12.6. The number of hydrogen-bond acceptors (Lipinski definition) is 4. The first-order valence-electron chi connectivity index (χ1n) is 6.61. The first-order chi connectivity index (χ1) is 9.33. The van der Waals surface area contributed by atoms with Gasteiger partial charge in [0.2, 0.25) is 0 Å². The molecule has 0 aliphatic carbocycles. The van der Waals surface area contributed by atoms with Crippen LogP contribution in [0.1, 0.15) is 29.8 Å². The number of nitro benzene ring substituents is 1. The third kappa shape index (κ3) is 2.65. The van der Waals surface area contributed by atoms with Crippen LogP contribution in [-0.4, -0.2) is 40.9 Å². The maximum atomic E-state index is 12.6. The Morgan fingerprint density at radius 2 is 2.15 bits per heavy atom. The molecule has 0 aromatic heterocycles. The fourth-order valence-electron chi connectivity index (χ4n) is 2.51. The highest BCUT2D eigenvalue weighted by molar-refractivity contribution is 5.95. The number of carbonyl (C=O) groups is 1. The Balaban J connectivity index is 2.29. The van der Waals surface area contributed by atoms with E-state index >= 15 is 0 Å². The fraction of sp³-hybridized carbons (Fsp3) is 0.500. The van der Waals surface area contributed by atoms with Crippen LogP contribution in [-0.2, 0) is 0 Å². The van der Waals surface area contributed by atoms with Crippen LogP contribution in [0.15, 0.2) is 18.2 Å². The van der Waals surface area contributed by atoms with Crippen LogP contribution in [0.3, 0.4) is 0 Å². The van der Waals surface area contributed by atoms with Gasteiger partial charge in [-0.25, -0.2) is 0 Å². The van der Waals surface area contributed by atoms with Crippen LogP contribution >= 0.6 is 0 Å². The van der Waals surface area contributed by atoms with E-state index in [4.69, 9.17) is 0 Å². The number of benzene rings is 1. The molecule has 20 heavy (non-hydrogen) atoms. The van der Waals surface area contributed by atoms with Crippen LogP contribution in [0.25, 0.3) is 0 Å². The van der Waals surface area contributed by atoms with E-state index in [-0.39, 0.29) is 17.1 Å². The summed E-state index contributed by atoms with van der Waals surface area (Å²) in [6.45, 7) is 7.82. The van der Waals surface area contributed by atoms with Gasteiger partial charge < -0.3 is 10.2 Å². The van der Waals surface area contributed by atoms with Gasteiger partial charge in [0.25, 0.3) is 11.6 Å². The number of nitrogens with one attached hydrogen (secondary N) is 1. The molecule has 6 heteroatoms. The van der Waals surface area contributed by atoms with Gasteiger partial charge in [-0.05, 0) is 32.9 Å². The minimum absolute atomic E-state index is 0.0427. The minimum atomic E-state index is -0.432. The molecule has 1 amide bonds. The number of rotatable bonds is 2. The lowest BCUT2D eigenvalue weighted by Gasteiger charge is -2.42. The lowest BCUT2D eigenvalue weighted by Crippen LogP contribution is -2.59. The number of aryl methyl sites for hydroxylation is 1. The smallest absolute Gasteiger partial charge is 0.272 e. The summed E-state index contributed by atoms with van der Waals surface area (Å²) in [5, 5.41) is 14.1. The molecule has 1 N–H and O–H groups in total. The summed E-state index contributed by atoms with van der Waals surface area (Å²) in [7, 11) is 0. The van der Waals surface area contributed by atoms with Crippen molar-refractivity contribution in [1.29, 1.82) is 0 Å². The Morgan fingerprint density at radius 1 is 1.45 bits per heavy atom. The normalized spacial score (nSPS) is 17.9. The molecule has 108 valence electrons. The molecule has 0 unspecified atom stereocenters. The molecule has 1 saturated heterocycles. The third-order valence-electron chi connectivity index (χ3n) is 3.69. The SMILES string of the molecule is Cc1cc(C(=O)N2CCNCC2(C)C)ccc1[N+](=O)[O-]. The van der Waals surface area contributed by atoms with Gasteiger partial charge in [-0.3, -0.25) is 14.9 Å². The average Bonchev–Trinajstić information content (AvgIpc) is 2.37. The predicted molar refractivity (Wildman–Crippen MR) is 75.8 cm³/mol. The Hall–Kier alpha value is -1.95. The van der Waals surface area contributed by atoms with E-state index in [0.29, 0.717) is 17.7 Å². The van der Waals surface area contributed by atoms with Crippen molar-refractivity contribution in [3.05, 3.63) is 39.4 Å². The number of carbonyl (C=O) groups excluding carboxylic acids is 1. The van der Waals surface area contributed by atoms with E-state index < -0.39 is 4.92 Å². The second-order valence-electron chi connectivity index (χ2n) is 5.70. The van der Waals surface area contributed by atoms with Crippen LogP contribution in [0, 0.1) is 17.0 Å². The summed E-state index contributed by atoms with van der Waals surface area (Å²) in [6, 6.07) is 4.53. The van der Waals surface area contributed by atoms with Gasteiger partial charge in [-0.15, -0.1) is 0 Å². The summed E-state index contributed by atoms with van der Waals surface area (Å²) in [5.74, 6) is -0.0745. The summed E-state index contributed by atoms with van der Waals surface area (Å²) in [5.41, 5.74) is 0.795. The number of nitrogens with zero attached hydrogens (tertiary/aromatic N) is 2. The number of hydrogen-bond donors (Lipinski definition) is 1. The van der Waals surface area contributed by atoms with Crippen molar-refractivity contribution in [2.75, 3.05) is 19.6 Å². The van der Waals surface area contributed by atoms with Gasteiger partial charge in [0.05, 0.1) is 10.5 Å². The van der Waals surface area contributed by atoms with Crippen LogP contribution in [0.2, 0.25) is 0 Å². The number of amides is 1. The Bertz CT molecular complexity index is 555. The largest absolute Gasteiger partial charge is 0.331 e. The van der Waals surface area contributed by atoms with Crippen LogP contribution in [0.5, 0.6) is 0 Å². The molecular weight excluding hydrogens is 258 g/mol. The van der Waals surface area contributed by atoms with Crippen molar-refractivity contribution >= 4 is 11.6 Å². The molecule has 0 bridgehead atoms. The second kappa shape index (κ2) is 5.20. The molecule has 1 aliphatic heterocycles. The Morgan fingerprint density at radius 3 is 2.70 bits per heavy atom. The van der Waals surface area contributed by atoms with E-state index in [0.717, 1.165) is 13.1 Å². The molecule has 1 aromatic carbocycles. The molecule has 0 saturated carbocycles. The lowest BCUT2D eigenvalue weighted by molar-refractivity contribution is -0.385. The zero-order valence-electron chi connectivity index (χ0n) is 12.0. The monoisotopic (exact) mass is 277 g/mol. The highest BCUT2D eigenvalue weighted by Crippen LogP contribution is 2.23. The van der Waals surface area contributed by atoms with Crippen molar-refractivity contribution < 1.29 is 9.72 Å². The van der Waals surface area contributed by atoms with E-state index in [2.05, 4.69) is 5.32 Å². The zero-order valence-corrected chi connectivity index (χ0v) is 12.0. The lowest BCUT2D eigenvalue weighted by atomic mass is 9.98. The molecule has 0 atom stereocenters. The molecule has 0 spiro atoms. The van der Waals surface area contributed by atoms with E-state index in [1.54, 1.807) is 13.0 Å². The number of nitro groups is 1. The molecule has 1 aliphatic rings. The summed E-state index contributed by atoms with van der Waals surface area (Å²) in [4.78, 5) is 24.8. The number of piperazine rings is 1. The van der Waals surface area contributed by atoms with E-state index in [9.17, 15) is 14.9 Å². The van der Waals surface area contributed by atoms with Gasteiger partial charge >= 0.3 is 0 Å². The third-order valence-corrected chi connectivity index (χ3v) is 3.69. The molecule has 2 rings (SSSR count). The molecule has 1 heterocycles. The molecule has 1 fully saturated rings. The Kier molecular flexibility index (Phi) is 3.76. The average molecular weight is 277 g/mol. The van der Waals surface area contributed by atoms with Crippen LogP contribution in [0.4, 0.5) is 5.69 Å². The fourth-order valence-corrected chi connectivity index (χ4v) is 2.51. The minimum Gasteiger partial charge on any atom is -0.331 e. The van der Waals surface area contributed by atoms with Gasteiger partial charge in [0.1, 0.15) is 0 Å². The second-order valence-corrected chi connectivity index (χ2v) is 5.70. The molecule has 1 aromatic rings. The van der Waals surface area contributed by atoms with Crippen molar-refractivity contribution in [3.63, 3.8) is 0 Å². The zero-order chi connectivity index (χ0) is 14.9. The quantitative estimate of drug-likeness (QED) is 0.660. The van der Waals surface area contributed by atoms with Gasteiger partial charge in [-0.1, -0.05) is 0 Å². The maximum Gasteiger partial charge on any atom is 0.272 e. The molecule has 0 radical (unpaired) electrons. The molecular formula is C14H19N3O3. The first kappa shape index (κ1) is 14.5. The van der Waals surface area contributed by atoms with Gasteiger partial charge in [0.15, 0.2) is 0 Å². The van der Waals surface area contributed by atoms with Crippen LogP contribution < -0.4 is 5.32 Å². The predicted octanol–water partition coefficient (Wildman–Crippen LogP) is 1.73. The van der Waals surface area contributed by atoms with Crippen molar-refractivity contribution in [1.82, 2.24) is 10.2 Å². The molecule has 6 nitrogen and oxygen atoms in total. The van der Waals surface area contributed by atoms with Crippen molar-refractivity contribution in [3.8, 4) is 0 Å². The van der Waals surface area contributed by atoms with Gasteiger partial charge in [-0.2, -0.15) is 0 Å². The topological polar surface area (TPSA) is 75.5 Å². The first-order valence-corrected chi connectivity index (χ1v) is 6.61. The summed E-state index contributed by atoms with van der Waals surface area (Å²) >= 11 is 0. The standard InChI is InChI=1S/C14H19N3O3/c1-10-8-11(4-5-12(10)17(19)20)13(18)16-7-6-15-9-14(16,2)3/h4-5,8,15H,6-7,9H2,1-3H3. The Labute approximate surface area is 117 Å². The van der Waals surface area contributed by atoms with Gasteiger partial charge in [0, 0.05) is 36.8 Å². The van der Waals surface area contributed by atoms with Crippen molar-refractivity contribution in [2.45, 2.75) is 26.3 Å². The van der Waals surface area contributed by atoms with E-state index in [1.165, 1.54) is 12.1 Å². The van der Waals surface area contributed by atoms with E-state index in [1.807, 2.05) is 18.7 Å².